The van der Waals surface area contributed by atoms with E-state index < -0.39 is 0 Å². The van der Waals surface area contributed by atoms with Crippen molar-refractivity contribution in [2.75, 3.05) is 11.6 Å². The summed E-state index contributed by atoms with van der Waals surface area (Å²) in [6, 6.07) is 14.6. The number of hydrazone groups is 1. The molecule has 0 saturated heterocycles. The van der Waals surface area contributed by atoms with Crippen molar-refractivity contribution < 1.29 is 0 Å². The summed E-state index contributed by atoms with van der Waals surface area (Å²) in [6.07, 6.45) is 0.852. The van der Waals surface area contributed by atoms with E-state index in [0.29, 0.717) is 6.54 Å². The summed E-state index contributed by atoms with van der Waals surface area (Å²) in [5.41, 5.74) is 11.7. The van der Waals surface area contributed by atoms with Crippen LogP contribution in [0.25, 0.3) is 0 Å². The van der Waals surface area contributed by atoms with Crippen LogP contribution in [0, 0.1) is 13.8 Å². The standard InChI is InChI=1S/C18H20ClN3/c1-12-3-8-17(9-13(12)2)22-18(10-16(11-20)21-22)14-4-6-15(19)7-5-14/h3-9,18H,10-11,20H2,1-2H3. The zero-order chi connectivity index (χ0) is 15.7. The van der Waals surface area contributed by atoms with E-state index in [9.17, 15) is 0 Å². The van der Waals surface area contributed by atoms with Crippen molar-refractivity contribution in [3.05, 3.63) is 64.2 Å². The van der Waals surface area contributed by atoms with Crippen LogP contribution in [-0.2, 0) is 0 Å². The quantitative estimate of drug-likeness (QED) is 0.921. The van der Waals surface area contributed by atoms with Gasteiger partial charge in [-0.15, -0.1) is 0 Å². The largest absolute Gasteiger partial charge is 0.325 e. The van der Waals surface area contributed by atoms with E-state index in [4.69, 9.17) is 22.4 Å². The Morgan fingerprint density at radius 1 is 1.14 bits per heavy atom. The molecule has 1 atom stereocenters. The molecule has 0 bridgehead atoms. The van der Waals surface area contributed by atoms with Crippen LogP contribution in [0.4, 0.5) is 5.69 Å². The predicted molar refractivity (Wildman–Crippen MR) is 93.7 cm³/mol. The SMILES string of the molecule is Cc1ccc(N2N=C(CN)CC2c2ccc(Cl)cc2)cc1C. The number of anilines is 1. The lowest BCUT2D eigenvalue weighted by Gasteiger charge is -2.24. The van der Waals surface area contributed by atoms with Gasteiger partial charge in [0.15, 0.2) is 0 Å². The summed E-state index contributed by atoms with van der Waals surface area (Å²) in [7, 11) is 0. The minimum absolute atomic E-state index is 0.179. The van der Waals surface area contributed by atoms with Crippen molar-refractivity contribution in [1.29, 1.82) is 0 Å². The molecule has 0 fully saturated rings. The first-order valence-corrected chi connectivity index (χ1v) is 7.84. The summed E-state index contributed by atoms with van der Waals surface area (Å²) in [5, 5.41) is 7.55. The van der Waals surface area contributed by atoms with Crippen molar-refractivity contribution in [2.45, 2.75) is 26.3 Å². The van der Waals surface area contributed by atoms with Gasteiger partial charge < -0.3 is 5.73 Å². The number of nitrogens with two attached hydrogens (primary N) is 1. The van der Waals surface area contributed by atoms with Gasteiger partial charge in [-0.3, -0.25) is 5.01 Å². The van der Waals surface area contributed by atoms with Crippen LogP contribution in [-0.4, -0.2) is 12.3 Å². The van der Waals surface area contributed by atoms with Crippen LogP contribution >= 0.6 is 11.6 Å². The van der Waals surface area contributed by atoms with Gasteiger partial charge in [-0.25, -0.2) is 0 Å². The van der Waals surface area contributed by atoms with Gasteiger partial charge in [0.2, 0.25) is 0 Å². The topological polar surface area (TPSA) is 41.6 Å². The van der Waals surface area contributed by atoms with Crippen LogP contribution in [0.15, 0.2) is 47.6 Å². The second-order valence-corrected chi connectivity index (χ2v) is 6.19. The number of rotatable bonds is 3. The maximum absolute atomic E-state index is 6.00. The van der Waals surface area contributed by atoms with Crippen LogP contribution in [0.1, 0.15) is 29.2 Å². The fourth-order valence-electron chi connectivity index (χ4n) is 2.75. The molecule has 0 amide bonds. The van der Waals surface area contributed by atoms with E-state index in [2.05, 4.69) is 49.2 Å². The lowest BCUT2D eigenvalue weighted by molar-refractivity contribution is 0.708. The Labute approximate surface area is 136 Å². The highest BCUT2D eigenvalue weighted by Gasteiger charge is 2.28. The summed E-state index contributed by atoms with van der Waals surface area (Å²) in [6.45, 7) is 4.74. The van der Waals surface area contributed by atoms with E-state index in [0.717, 1.165) is 22.8 Å². The summed E-state index contributed by atoms with van der Waals surface area (Å²) in [4.78, 5) is 0. The van der Waals surface area contributed by atoms with E-state index in [-0.39, 0.29) is 6.04 Å². The Kier molecular flexibility index (Phi) is 4.19. The molecular weight excluding hydrogens is 294 g/mol. The number of benzene rings is 2. The molecule has 2 aromatic carbocycles. The molecule has 1 aliphatic heterocycles. The molecule has 22 heavy (non-hydrogen) atoms. The van der Waals surface area contributed by atoms with Gasteiger partial charge in [0.05, 0.1) is 17.4 Å². The Bertz CT molecular complexity index is 707. The molecule has 0 aromatic heterocycles. The first-order valence-electron chi connectivity index (χ1n) is 7.47. The average Bonchev–Trinajstić information content (AvgIpc) is 2.95. The Morgan fingerprint density at radius 3 is 2.50 bits per heavy atom. The maximum Gasteiger partial charge on any atom is 0.0828 e. The second-order valence-electron chi connectivity index (χ2n) is 5.75. The Balaban J connectivity index is 1.98. The van der Waals surface area contributed by atoms with Gasteiger partial charge in [0, 0.05) is 18.0 Å². The smallest absolute Gasteiger partial charge is 0.0828 e. The van der Waals surface area contributed by atoms with Gasteiger partial charge in [-0.05, 0) is 54.8 Å². The zero-order valence-electron chi connectivity index (χ0n) is 12.9. The number of nitrogens with zero attached hydrogens (tertiary/aromatic N) is 2. The minimum Gasteiger partial charge on any atom is -0.325 e. The average molecular weight is 314 g/mol. The normalized spacial score (nSPS) is 17.7. The fourth-order valence-corrected chi connectivity index (χ4v) is 2.87. The molecule has 3 rings (SSSR count). The molecule has 0 spiro atoms. The van der Waals surface area contributed by atoms with Gasteiger partial charge in [0.25, 0.3) is 0 Å². The first-order chi connectivity index (χ1) is 10.6. The minimum atomic E-state index is 0.179. The molecule has 0 radical (unpaired) electrons. The van der Waals surface area contributed by atoms with Crippen molar-refractivity contribution >= 4 is 23.0 Å². The second kappa shape index (κ2) is 6.11. The van der Waals surface area contributed by atoms with E-state index in [1.165, 1.54) is 16.7 Å². The summed E-state index contributed by atoms with van der Waals surface area (Å²) >= 11 is 6.00. The highest BCUT2D eigenvalue weighted by Crippen LogP contribution is 2.36. The Hall–Kier alpha value is -1.84. The van der Waals surface area contributed by atoms with Crippen LogP contribution in [0.5, 0.6) is 0 Å². The molecule has 1 unspecified atom stereocenters. The molecule has 4 heteroatoms. The molecule has 0 saturated carbocycles. The molecule has 1 aliphatic rings. The molecule has 3 nitrogen and oxygen atoms in total. The third-order valence-corrected chi connectivity index (χ3v) is 4.47. The third-order valence-electron chi connectivity index (χ3n) is 4.22. The summed E-state index contributed by atoms with van der Waals surface area (Å²) in [5.74, 6) is 0. The molecule has 1 heterocycles. The van der Waals surface area contributed by atoms with Crippen LogP contribution < -0.4 is 10.7 Å². The van der Waals surface area contributed by atoms with Crippen molar-refractivity contribution in [3.63, 3.8) is 0 Å². The van der Waals surface area contributed by atoms with Gasteiger partial charge in [-0.2, -0.15) is 5.10 Å². The van der Waals surface area contributed by atoms with Crippen LogP contribution in [0.2, 0.25) is 5.02 Å². The van der Waals surface area contributed by atoms with Crippen molar-refractivity contribution in [3.8, 4) is 0 Å². The number of hydrogen-bond donors (Lipinski definition) is 1. The highest BCUT2D eigenvalue weighted by molar-refractivity contribution is 6.30. The molecule has 2 N–H and O–H groups in total. The van der Waals surface area contributed by atoms with Crippen molar-refractivity contribution in [2.24, 2.45) is 10.8 Å². The maximum atomic E-state index is 6.00. The van der Waals surface area contributed by atoms with Crippen LogP contribution in [0.3, 0.4) is 0 Å². The zero-order valence-corrected chi connectivity index (χ0v) is 13.6. The summed E-state index contributed by atoms with van der Waals surface area (Å²) < 4.78 is 0. The monoisotopic (exact) mass is 313 g/mol. The number of halogens is 1. The number of aryl methyl sites for hydroxylation is 2. The lowest BCUT2D eigenvalue weighted by atomic mass is 10.0. The predicted octanol–water partition coefficient (Wildman–Crippen LogP) is 4.22. The molecule has 0 aliphatic carbocycles. The highest BCUT2D eigenvalue weighted by atomic mass is 35.5. The van der Waals surface area contributed by atoms with E-state index in [1.807, 2.05) is 12.1 Å². The first kappa shape index (κ1) is 15.1. The molecule has 2 aromatic rings. The molecule has 114 valence electrons. The lowest BCUT2D eigenvalue weighted by Crippen LogP contribution is -2.18. The van der Waals surface area contributed by atoms with Gasteiger partial charge in [0.1, 0.15) is 0 Å². The fraction of sp³-hybridized carbons (Fsp3) is 0.278. The number of hydrogen-bond acceptors (Lipinski definition) is 3. The Morgan fingerprint density at radius 2 is 1.86 bits per heavy atom. The van der Waals surface area contributed by atoms with Gasteiger partial charge in [-0.1, -0.05) is 29.8 Å². The van der Waals surface area contributed by atoms with Gasteiger partial charge >= 0.3 is 0 Å². The van der Waals surface area contributed by atoms with Crippen molar-refractivity contribution in [1.82, 2.24) is 0 Å². The third kappa shape index (κ3) is 2.87. The van der Waals surface area contributed by atoms with E-state index in [1.54, 1.807) is 0 Å². The molecular formula is C18H20ClN3. The van der Waals surface area contributed by atoms with E-state index >= 15 is 0 Å².